The van der Waals surface area contributed by atoms with E-state index < -0.39 is 0 Å². The van der Waals surface area contributed by atoms with Crippen molar-refractivity contribution in [1.29, 1.82) is 0 Å². The van der Waals surface area contributed by atoms with E-state index in [2.05, 4.69) is 11.8 Å². The highest BCUT2D eigenvalue weighted by Gasteiger charge is 2.08. The number of ether oxygens (including phenoxy) is 1. The molecule has 1 nitrogen and oxygen atoms in total. The summed E-state index contributed by atoms with van der Waals surface area (Å²) in [4.78, 5) is 0. The normalized spacial score (nSPS) is 9.50. The van der Waals surface area contributed by atoms with Crippen molar-refractivity contribution in [3.05, 3.63) is 27.7 Å². The lowest BCUT2D eigenvalue weighted by atomic mass is 10.1. The second-order valence-corrected chi connectivity index (χ2v) is 4.13. The average molecular weight is 257 g/mol. The second-order valence-electron chi connectivity index (χ2n) is 3.29. The van der Waals surface area contributed by atoms with Crippen LogP contribution in [-0.2, 0) is 6.42 Å². The molecule has 0 aliphatic rings. The van der Waals surface area contributed by atoms with E-state index in [-0.39, 0.29) is 0 Å². The number of benzene rings is 1. The van der Waals surface area contributed by atoms with Crippen molar-refractivity contribution >= 4 is 23.2 Å². The van der Waals surface area contributed by atoms with Crippen LogP contribution in [0.15, 0.2) is 12.1 Å². The van der Waals surface area contributed by atoms with Gasteiger partial charge in [-0.15, -0.1) is 11.8 Å². The third-order valence-electron chi connectivity index (χ3n) is 2.11. The highest BCUT2D eigenvalue weighted by atomic mass is 35.5. The van der Waals surface area contributed by atoms with Crippen molar-refractivity contribution in [2.75, 3.05) is 7.11 Å². The highest BCUT2D eigenvalue weighted by Crippen LogP contribution is 2.32. The van der Waals surface area contributed by atoms with Crippen molar-refractivity contribution in [2.24, 2.45) is 0 Å². The number of hydrogen-bond donors (Lipinski definition) is 0. The molecular formula is C13H14Cl2O. The van der Waals surface area contributed by atoms with Gasteiger partial charge < -0.3 is 4.74 Å². The number of aryl methyl sites for hydroxylation is 1. The molecule has 0 N–H and O–H groups in total. The Morgan fingerprint density at radius 2 is 2.00 bits per heavy atom. The van der Waals surface area contributed by atoms with Crippen LogP contribution in [-0.4, -0.2) is 7.11 Å². The summed E-state index contributed by atoms with van der Waals surface area (Å²) in [5, 5.41) is 1.18. The zero-order chi connectivity index (χ0) is 12.0. The summed E-state index contributed by atoms with van der Waals surface area (Å²) in [5.41, 5.74) is 1.01. The molecule has 3 heteroatoms. The van der Waals surface area contributed by atoms with E-state index in [1.54, 1.807) is 13.2 Å². The van der Waals surface area contributed by atoms with Gasteiger partial charge in [0.05, 0.1) is 12.1 Å². The summed E-state index contributed by atoms with van der Waals surface area (Å²) >= 11 is 12.0. The maximum atomic E-state index is 6.03. The van der Waals surface area contributed by atoms with Crippen LogP contribution in [0.3, 0.4) is 0 Å². The molecule has 0 aromatic heterocycles. The number of halogens is 2. The van der Waals surface area contributed by atoms with Gasteiger partial charge in [0, 0.05) is 17.9 Å². The molecule has 0 radical (unpaired) electrons. The first-order valence-electron chi connectivity index (χ1n) is 5.16. The van der Waals surface area contributed by atoms with Gasteiger partial charge in [-0.3, -0.25) is 0 Å². The summed E-state index contributed by atoms with van der Waals surface area (Å²) < 4.78 is 5.25. The molecule has 1 aromatic carbocycles. The van der Waals surface area contributed by atoms with Crippen LogP contribution in [0.4, 0.5) is 0 Å². The molecule has 16 heavy (non-hydrogen) atoms. The number of hydrogen-bond acceptors (Lipinski definition) is 1. The third kappa shape index (κ3) is 3.63. The molecule has 0 aliphatic carbocycles. The van der Waals surface area contributed by atoms with E-state index in [1.807, 2.05) is 13.0 Å². The minimum absolute atomic E-state index is 0.549. The summed E-state index contributed by atoms with van der Waals surface area (Å²) in [6.07, 6.45) is 2.48. The van der Waals surface area contributed by atoms with Gasteiger partial charge in [-0.1, -0.05) is 30.1 Å². The molecule has 0 bridgehead atoms. The fourth-order valence-corrected chi connectivity index (χ4v) is 2.05. The summed E-state index contributed by atoms with van der Waals surface area (Å²) in [6, 6.07) is 3.56. The van der Waals surface area contributed by atoms with Gasteiger partial charge >= 0.3 is 0 Å². The van der Waals surface area contributed by atoms with Crippen molar-refractivity contribution < 1.29 is 4.74 Å². The van der Waals surface area contributed by atoms with Gasteiger partial charge in [-0.05, 0) is 24.1 Å². The Balaban J connectivity index is 2.85. The van der Waals surface area contributed by atoms with Crippen LogP contribution in [0.1, 0.15) is 25.3 Å². The maximum absolute atomic E-state index is 6.03. The van der Waals surface area contributed by atoms with Crippen LogP contribution < -0.4 is 4.74 Å². The Morgan fingerprint density at radius 1 is 1.25 bits per heavy atom. The molecule has 0 fully saturated rings. The fraction of sp³-hybridized carbons (Fsp3) is 0.385. The second kappa shape index (κ2) is 6.68. The van der Waals surface area contributed by atoms with Crippen LogP contribution in [0.25, 0.3) is 0 Å². The SMILES string of the molecule is CCC#CCCc1cc(Cl)cc(Cl)c1OC. The standard InChI is InChI=1S/C13H14Cl2O/c1-3-4-5-6-7-10-8-11(14)9-12(15)13(10)16-2/h8-9H,3,6-7H2,1-2H3. The van der Waals surface area contributed by atoms with Gasteiger partial charge in [-0.25, -0.2) is 0 Å². The third-order valence-corrected chi connectivity index (χ3v) is 2.61. The Labute approximate surface area is 107 Å². The Hall–Kier alpha value is -0.840. The summed E-state index contributed by atoms with van der Waals surface area (Å²) in [5.74, 6) is 6.81. The molecule has 0 amide bonds. The summed E-state index contributed by atoms with van der Waals surface area (Å²) in [7, 11) is 1.61. The minimum atomic E-state index is 0.549. The molecule has 1 aromatic rings. The fourth-order valence-electron chi connectivity index (χ4n) is 1.44. The molecule has 86 valence electrons. The smallest absolute Gasteiger partial charge is 0.140 e. The van der Waals surface area contributed by atoms with E-state index in [1.165, 1.54) is 0 Å². The average Bonchev–Trinajstić information content (AvgIpc) is 2.24. The minimum Gasteiger partial charge on any atom is -0.495 e. The van der Waals surface area contributed by atoms with Gasteiger partial charge in [0.2, 0.25) is 0 Å². The van der Waals surface area contributed by atoms with Crippen molar-refractivity contribution in [3.8, 4) is 17.6 Å². The van der Waals surface area contributed by atoms with Gasteiger partial charge in [-0.2, -0.15) is 0 Å². The van der Waals surface area contributed by atoms with Crippen LogP contribution in [0, 0.1) is 11.8 Å². The van der Waals surface area contributed by atoms with Crippen molar-refractivity contribution in [1.82, 2.24) is 0 Å². The lowest BCUT2D eigenvalue weighted by molar-refractivity contribution is 0.410. The van der Waals surface area contributed by atoms with E-state index >= 15 is 0 Å². The molecule has 0 atom stereocenters. The Kier molecular flexibility index (Phi) is 5.52. The molecule has 1 rings (SSSR count). The van der Waals surface area contributed by atoms with Crippen LogP contribution in [0.2, 0.25) is 10.0 Å². The van der Waals surface area contributed by atoms with Crippen molar-refractivity contribution in [3.63, 3.8) is 0 Å². The first kappa shape index (κ1) is 13.2. The molecular weight excluding hydrogens is 243 g/mol. The number of methoxy groups -OCH3 is 1. The highest BCUT2D eigenvalue weighted by molar-refractivity contribution is 6.35. The molecule has 0 saturated heterocycles. The lowest BCUT2D eigenvalue weighted by Crippen LogP contribution is -1.93. The number of rotatable bonds is 3. The zero-order valence-corrected chi connectivity index (χ0v) is 11.0. The van der Waals surface area contributed by atoms with E-state index in [4.69, 9.17) is 27.9 Å². The van der Waals surface area contributed by atoms with E-state index in [0.717, 1.165) is 24.8 Å². The molecule has 0 saturated carbocycles. The predicted molar refractivity (Wildman–Crippen MR) is 69.4 cm³/mol. The molecule has 0 spiro atoms. The van der Waals surface area contributed by atoms with E-state index in [9.17, 15) is 0 Å². The van der Waals surface area contributed by atoms with Crippen LogP contribution >= 0.6 is 23.2 Å². The predicted octanol–water partition coefficient (Wildman–Crippen LogP) is 4.35. The first-order valence-corrected chi connectivity index (χ1v) is 5.92. The zero-order valence-electron chi connectivity index (χ0n) is 9.44. The quantitative estimate of drug-likeness (QED) is 0.731. The lowest BCUT2D eigenvalue weighted by Gasteiger charge is -2.09. The summed E-state index contributed by atoms with van der Waals surface area (Å²) in [6.45, 7) is 2.03. The van der Waals surface area contributed by atoms with E-state index in [0.29, 0.717) is 15.8 Å². The topological polar surface area (TPSA) is 9.23 Å². The van der Waals surface area contributed by atoms with Gasteiger partial charge in [0.15, 0.2) is 0 Å². The largest absolute Gasteiger partial charge is 0.495 e. The Morgan fingerprint density at radius 3 is 2.62 bits per heavy atom. The first-order chi connectivity index (χ1) is 7.69. The van der Waals surface area contributed by atoms with Gasteiger partial charge in [0.1, 0.15) is 5.75 Å². The monoisotopic (exact) mass is 256 g/mol. The molecule has 0 aliphatic heterocycles. The van der Waals surface area contributed by atoms with Crippen molar-refractivity contribution in [2.45, 2.75) is 26.2 Å². The van der Waals surface area contributed by atoms with Gasteiger partial charge in [0.25, 0.3) is 0 Å². The van der Waals surface area contributed by atoms with Crippen LogP contribution in [0.5, 0.6) is 5.75 Å². The molecule has 0 unspecified atom stereocenters. The molecule has 0 heterocycles. The Bertz CT molecular complexity index is 416. The maximum Gasteiger partial charge on any atom is 0.140 e.